The van der Waals surface area contributed by atoms with E-state index >= 15 is 0 Å². The normalized spacial score (nSPS) is 12.0. The number of aromatic nitrogens is 1. The Balaban J connectivity index is 1.55. The van der Waals surface area contributed by atoms with E-state index in [9.17, 15) is 9.59 Å². The number of H-pyrrole nitrogens is 1. The minimum absolute atomic E-state index is 0.103. The second-order valence-corrected chi connectivity index (χ2v) is 6.13. The van der Waals surface area contributed by atoms with Crippen LogP contribution in [0.25, 0.3) is 10.9 Å². The fourth-order valence-electron chi connectivity index (χ4n) is 2.28. The number of para-hydroxylation sites is 1. The number of benzene rings is 1. The second-order valence-electron chi connectivity index (χ2n) is 5.15. The number of nitrogens with one attached hydrogen (secondary N) is 2. The Morgan fingerprint density at radius 1 is 1.26 bits per heavy atom. The molecule has 0 spiro atoms. The van der Waals surface area contributed by atoms with Gasteiger partial charge in [0, 0.05) is 15.8 Å². The Morgan fingerprint density at radius 3 is 2.83 bits per heavy atom. The molecule has 3 aromatic rings. The van der Waals surface area contributed by atoms with Crippen LogP contribution in [0.15, 0.2) is 47.8 Å². The van der Waals surface area contributed by atoms with E-state index in [1.165, 1.54) is 0 Å². The van der Waals surface area contributed by atoms with Crippen LogP contribution in [0.1, 0.15) is 28.3 Å². The average Bonchev–Trinajstić information content (AvgIpc) is 3.21. The van der Waals surface area contributed by atoms with Gasteiger partial charge < -0.3 is 15.0 Å². The summed E-state index contributed by atoms with van der Waals surface area (Å²) in [5.74, 6) is -0.865. The van der Waals surface area contributed by atoms with Crippen molar-refractivity contribution >= 4 is 34.1 Å². The molecule has 1 aromatic carbocycles. The van der Waals surface area contributed by atoms with E-state index in [0.29, 0.717) is 5.69 Å². The molecule has 0 aliphatic carbocycles. The summed E-state index contributed by atoms with van der Waals surface area (Å²) in [5, 5.41) is 5.68. The van der Waals surface area contributed by atoms with E-state index in [4.69, 9.17) is 4.74 Å². The number of amides is 1. The minimum atomic E-state index is -0.542. The van der Waals surface area contributed by atoms with Crippen molar-refractivity contribution in [3.8, 4) is 0 Å². The monoisotopic (exact) mass is 328 g/mol. The molecule has 0 saturated heterocycles. The van der Waals surface area contributed by atoms with Gasteiger partial charge in [0.2, 0.25) is 0 Å². The van der Waals surface area contributed by atoms with E-state index in [2.05, 4.69) is 10.3 Å². The highest BCUT2D eigenvalue weighted by Gasteiger charge is 2.15. The predicted molar refractivity (Wildman–Crippen MR) is 89.5 cm³/mol. The van der Waals surface area contributed by atoms with Crippen LogP contribution >= 0.6 is 11.3 Å². The molecule has 0 aliphatic rings. The van der Waals surface area contributed by atoms with E-state index in [1.807, 2.05) is 48.7 Å². The molecule has 23 heavy (non-hydrogen) atoms. The van der Waals surface area contributed by atoms with Gasteiger partial charge >= 0.3 is 5.97 Å². The number of esters is 1. The van der Waals surface area contributed by atoms with Crippen molar-refractivity contribution in [2.75, 3.05) is 6.61 Å². The van der Waals surface area contributed by atoms with Crippen molar-refractivity contribution in [1.29, 1.82) is 0 Å². The van der Waals surface area contributed by atoms with Crippen LogP contribution in [0.3, 0.4) is 0 Å². The standard InChI is InChI=1S/C17H16N2O3S/c1-11(15-7-4-8-23-15)18-16(20)10-22-17(21)14-9-12-5-2-3-6-13(12)19-14/h2-9,11,19H,10H2,1H3,(H,18,20). The SMILES string of the molecule is CC(NC(=O)COC(=O)c1cc2ccccc2[nH]1)c1cccs1. The third kappa shape index (κ3) is 3.60. The van der Waals surface area contributed by atoms with Crippen LogP contribution in [-0.4, -0.2) is 23.5 Å². The highest BCUT2D eigenvalue weighted by atomic mass is 32.1. The van der Waals surface area contributed by atoms with Crippen LogP contribution < -0.4 is 5.32 Å². The lowest BCUT2D eigenvalue weighted by molar-refractivity contribution is -0.124. The van der Waals surface area contributed by atoms with Crippen LogP contribution in [0.5, 0.6) is 0 Å². The Labute approximate surface area is 137 Å². The average molecular weight is 328 g/mol. The number of ether oxygens (including phenoxy) is 1. The zero-order valence-electron chi connectivity index (χ0n) is 12.5. The van der Waals surface area contributed by atoms with Crippen molar-refractivity contribution in [3.63, 3.8) is 0 Å². The number of thiophene rings is 1. The highest BCUT2D eigenvalue weighted by Crippen LogP contribution is 2.18. The lowest BCUT2D eigenvalue weighted by Crippen LogP contribution is -2.30. The molecule has 0 aliphatic heterocycles. The first-order valence-corrected chi connectivity index (χ1v) is 8.09. The van der Waals surface area contributed by atoms with Crippen molar-refractivity contribution in [2.24, 2.45) is 0 Å². The Bertz CT molecular complexity index is 790. The molecule has 118 valence electrons. The van der Waals surface area contributed by atoms with Crippen molar-refractivity contribution in [3.05, 3.63) is 58.4 Å². The van der Waals surface area contributed by atoms with E-state index in [1.54, 1.807) is 17.4 Å². The number of hydrogen-bond acceptors (Lipinski definition) is 4. The van der Waals surface area contributed by atoms with Crippen molar-refractivity contribution in [1.82, 2.24) is 10.3 Å². The van der Waals surface area contributed by atoms with Gasteiger partial charge in [-0.05, 0) is 30.5 Å². The molecule has 1 amide bonds. The molecular formula is C17H16N2O3S. The zero-order chi connectivity index (χ0) is 16.2. The second kappa shape index (κ2) is 6.66. The smallest absolute Gasteiger partial charge is 0.355 e. The van der Waals surface area contributed by atoms with Crippen LogP contribution in [0.4, 0.5) is 0 Å². The van der Waals surface area contributed by atoms with Gasteiger partial charge in [-0.1, -0.05) is 24.3 Å². The van der Waals surface area contributed by atoms with E-state index < -0.39 is 5.97 Å². The van der Waals surface area contributed by atoms with Gasteiger partial charge in [0.15, 0.2) is 6.61 Å². The molecule has 2 aromatic heterocycles. The van der Waals surface area contributed by atoms with Gasteiger partial charge in [0.25, 0.3) is 5.91 Å². The summed E-state index contributed by atoms with van der Waals surface area (Å²) in [5.41, 5.74) is 1.19. The molecule has 0 bridgehead atoms. The zero-order valence-corrected chi connectivity index (χ0v) is 13.4. The molecule has 0 fully saturated rings. The molecule has 0 saturated carbocycles. The molecule has 5 nitrogen and oxygen atoms in total. The molecule has 1 unspecified atom stereocenters. The lowest BCUT2D eigenvalue weighted by Gasteiger charge is -2.12. The fourth-order valence-corrected chi connectivity index (χ4v) is 3.02. The summed E-state index contributed by atoms with van der Waals surface area (Å²) in [4.78, 5) is 27.9. The number of hydrogen-bond donors (Lipinski definition) is 2. The van der Waals surface area contributed by atoms with Crippen molar-refractivity contribution in [2.45, 2.75) is 13.0 Å². The first kappa shape index (κ1) is 15.3. The maximum absolute atomic E-state index is 12.0. The van der Waals surface area contributed by atoms with Gasteiger partial charge in [-0.25, -0.2) is 4.79 Å². The topological polar surface area (TPSA) is 71.2 Å². The number of aromatic amines is 1. The minimum Gasteiger partial charge on any atom is -0.451 e. The van der Waals surface area contributed by atoms with Crippen LogP contribution in [-0.2, 0) is 9.53 Å². The van der Waals surface area contributed by atoms with Gasteiger partial charge in [0.1, 0.15) is 5.69 Å². The first-order valence-electron chi connectivity index (χ1n) is 7.21. The Morgan fingerprint density at radius 2 is 2.09 bits per heavy atom. The van der Waals surface area contributed by atoms with E-state index in [0.717, 1.165) is 15.8 Å². The van der Waals surface area contributed by atoms with Crippen molar-refractivity contribution < 1.29 is 14.3 Å². The highest BCUT2D eigenvalue weighted by molar-refractivity contribution is 7.10. The molecular weight excluding hydrogens is 312 g/mol. The predicted octanol–water partition coefficient (Wildman–Crippen LogP) is 3.26. The largest absolute Gasteiger partial charge is 0.451 e. The molecule has 2 heterocycles. The Hall–Kier alpha value is -2.60. The van der Waals surface area contributed by atoms with Gasteiger partial charge in [0.05, 0.1) is 6.04 Å². The summed E-state index contributed by atoms with van der Waals surface area (Å²) in [7, 11) is 0. The quantitative estimate of drug-likeness (QED) is 0.706. The summed E-state index contributed by atoms with van der Waals surface area (Å²) in [6.45, 7) is 1.59. The number of carbonyl (C=O) groups excluding carboxylic acids is 2. The summed E-state index contributed by atoms with van der Waals surface area (Å²) in [6.07, 6.45) is 0. The third-order valence-corrected chi connectivity index (χ3v) is 4.49. The maximum Gasteiger partial charge on any atom is 0.355 e. The molecule has 0 radical (unpaired) electrons. The van der Waals surface area contributed by atoms with Gasteiger partial charge in [-0.3, -0.25) is 4.79 Å². The van der Waals surface area contributed by atoms with Crippen LogP contribution in [0.2, 0.25) is 0 Å². The fraction of sp³-hybridized carbons (Fsp3) is 0.176. The first-order chi connectivity index (χ1) is 11.1. The molecule has 6 heteroatoms. The lowest BCUT2D eigenvalue weighted by atomic mass is 10.2. The number of rotatable bonds is 5. The van der Waals surface area contributed by atoms with E-state index in [-0.39, 0.29) is 18.6 Å². The maximum atomic E-state index is 12.0. The molecule has 2 N–H and O–H groups in total. The summed E-state index contributed by atoms with van der Waals surface area (Å²) >= 11 is 1.57. The molecule has 1 atom stereocenters. The summed E-state index contributed by atoms with van der Waals surface area (Å²) in [6, 6.07) is 13.0. The van der Waals surface area contributed by atoms with Gasteiger partial charge in [-0.2, -0.15) is 0 Å². The number of fused-ring (bicyclic) bond motifs is 1. The number of carbonyl (C=O) groups is 2. The summed E-state index contributed by atoms with van der Waals surface area (Å²) < 4.78 is 5.06. The molecule has 3 rings (SSSR count). The van der Waals surface area contributed by atoms with Crippen LogP contribution in [0, 0.1) is 0 Å². The Kier molecular flexibility index (Phi) is 4.43. The third-order valence-electron chi connectivity index (χ3n) is 3.43. The van der Waals surface area contributed by atoms with Gasteiger partial charge in [-0.15, -0.1) is 11.3 Å².